The Kier molecular flexibility index (Phi) is 5.34. The molecule has 3 rings (SSSR count). The van der Waals surface area contributed by atoms with Crippen molar-refractivity contribution in [1.82, 2.24) is 4.98 Å². The SMILES string of the molecule is CC(Oc1ccc(Br)cc1)C(=O)OC(C)c1cnc2ccccc2c1. The molecule has 0 aliphatic heterocycles. The highest BCUT2D eigenvalue weighted by atomic mass is 79.9. The largest absolute Gasteiger partial charge is 0.479 e. The average Bonchev–Trinajstić information content (AvgIpc) is 2.63. The lowest BCUT2D eigenvalue weighted by atomic mass is 10.1. The van der Waals surface area contributed by atoms with Crippen LogP contribution < -0.4 is 4.74 Å². The van der Waals surface area contributed by atoms with Gasteiger partial charge in [-0.05, 0) is 50.2 Å². The van der Waals surface area contributed by atoms with Gasteiger partial charge >= 0.3 is 5.97 Å². The monoisotopic (exact) mass is 399 g/mol. The van der Waals surface area contributed by atoms with E-state index in [9.17, 15) is 4.79 Å². The van der Waals surface area contributed by atoms with E-state index >= 15 is 0 Å². The van der Waals surface area contributed by atoms with Gasteiger partial charge in [-0.15, -0.1) is 0 Å². The summed E-state index contributed by atoms with van der Waals surface area (Å²) in [6.45, 7) is 3.51. The van der Waals surface area contributed by atoms with Crippen molar-refractivity contribution < 1.29 is 14.3 Å². The van der Waals surface area contributed by atoms with Crippen LogP contribution in [0.4, 0.5) is 0 Å². The number of pyridine rings is 1. The molecule has 0 bridgehead atoms. The molecular weight excluding hydrogens is 382 g/mol. The maximum absolute atomic E-state index is 12.3. The second kappa shape index (κ2) is 7.66. The van der Waals surface area contributed by atoms with Gasteiger partial charge in [-0.2, -0.15) is 0 Å². The topological polar surface area (TPSA) is 48.4 Å². The summed E-state index contributed by atoms with van der Waals surface area (Å²) in [5.41, 5.74) is 1.76. The zero-order valence-electron chi connectivity index (χ0n) is 14.0. The van der Waals surface area contributed by atoms with Crippen LogP contribution in [0.25, 0.3) is 10.9 Å². The van der Waals surface area contributed by atoms with Gasteiger partial charge in [0.2, 0.25) is 0 Å². The van der Waals surface area contributed by atoms with Crippen LogP contribution in [-0.4, -0.2) is 17.1 Å². The minimum Gasteiger partial charge on any atom is -0.479 e. The van der Waals surface area contributed by atoms with Crippen molar-refractivity contribution in [2.75, 3.05) is 0 Å². The average molecular weight is 400 g/mol. The Morgan fingerprint density at radius 1 is 1.08 bits per heavy atom. The highest BCUT2D eigenvalue weighted by Crippen LogP contribution is 2.22. The number of ether oxygens (including phenoxy) is 2. The number of benzene rings is 2. The van der Waals surface area contributed by atoms with E-state index in [0.717, 1.165) is 20.9 Å². The fourth-order valence-corrected chi connectivity index (χ4v) is 2.68. The van der Waals surface area contributed by atoms with Crippen LogP contribution in [0.2, 0.25) is 0 Å². The van der Waals surface area contributed by atoms with Crippen molar-refractivity contribution in [2.45, 2.75) is 26.1 Å². The summed E-state index contributed by atoms with van der Waals surface area (Å²) in [6, 6.07) is 17.1. The Balaban J connectivity index is 1.65. The second-order valence-electron chi connectivity index (χ2n) is 5.75. The van der Waals surface area contributed by atoms with E-state index in [-0.39, 0.29) is 0 Å². The zero-order valence-corrected chi connectivity index (χ0v) is 15.6. The Morgan fingerprint density at radius 2 is 1.80 bits per heavy atom. The highest BCUT2D eigenvalue weighted by Gasteiger charge is 2.20. The molecule has 5 heteroatoms. The minimum atomic E-state index is -0.697. The first-order valence-corrected chi connectivity index (χ1v) is 8.79. The van der Waals surface area contributed by atoms with E-state index < -0.39 is 18.2 Å². The van der Waals surface area contributed by atoms with Gasteiger partial charge in [0.15, 0.2) is 6.10 Å². The maximum Gasteiger partial charge on any atom is 0.347 e. The minimum absolute atomic E-state index is 0.402. The molecule has 2 aromatic carbocycles. The van der Waals surface area contributed by atoms with E-state index in [1.165, 1.54) is 0 Å². The maximum atomic E-state index is 12.3. The van der Waals surface area contributed by atoms with Crippen LogP contribution >= 0.6 is 15.9 Å². The summed E-state index contributed by atoms with van der Waals surface area (Å²) < 4.78 is 12.1. The third-order valence-electron chi connectivity index (χ3n) is 3.83. The van der Waals surface area contributed by atoms with E-state index in [4.69, 9.17) is 9.47 Å². The van der Waals surface area contributed by atoms with Crippen molar-refractivity contribution >= 4 is 32.8 Å². The summed E-state index contributed by atoms with van der Waals surface area (Å²) >= 11 is 3.36. The van der Waals surface area contributed by atoms with Crippen LogP contribution in [-0.2, 0) is 9.53 Å². The fourth-order valence-electron chi connectivity index (χ4n) is 2.41. The van der Waals surface area contributed by atoms with Crippen molar-refractivity contribution in [3.8, 4) is 5.75 Å². The molecule has 0 amide bonds. The standard InChI is InChI=1S/C20H18BrNO3/c1-13(16-11-15-5-3-4-6-19(15)22-12-16)25-20(23)14(2)24-18-9-7-17(21)8-10-18/h3-14H,1-2H3. The van der Waals surface area contributed by atoms with Gasteiger partial charge in [0.1, 0.15) is 11.9 Å². The van der Waals surface area contributed by atoms with E-state index in [0.29, 0.717) is 5.75 Å². The van der Waals surface area contributed by atoms with Crippen LogP contribution in [0.3, 0.4) is 0 Å². The predicted molar refractivity (Wildman–Crippen MR) is 100 cm³/mol. The molecule has 4 nitrogen and oxygen atoms in total. The molecule has 0 aliphatic rings. The molecule has 0 fully saturated rings. The van der Waals surface area contributed by atoms with E-state index in [1.807, 2.05) is 49.4 Å². The van der Waals surface area contributed by atoms with Gasteiger partial charge in [0, 0.05) is 21.6 Å². The van der Waals surface area contributed by atoms with Gasteiger partial charge in [0.05, 0.1) is 5.52 Å². The van der Waals surface area contributed by atoms with Crippen LogP contribution in [0, 0.1) is 0 Å². The van der Waals surface area contributed by atoms with Crippen molar-refractivity contribution in [2.24, 2.45) is 0 Å². The lowest BCUT2D eigenvalue weighted by molar-refractivity contribution is -0.156. The number of halogens is 1. The number of para-hydroxylation sites is 1. The highest BCUT2D eigenvalue weighted by molar-refractivity contribution is 9.10. The number of esters is 1. The summed E-state index contributed by atoms with van der Waals surface area (Å²) in [5.74, 6) is 0.205. The summed E-state index contributed by atoms with van der Waals surface area (Å²) in [7, 11) is 0. The Labute approximate surface area is 154 Å². The Morgan fingerprint density at radius 3 is 2.56 bits per heavy atom. The fraction of sp³-hybridized carbons (Fsp3) is 0.200. The van der Waals surface area contributed by atoms with E-state index in [2.05, 4.69) is 20.9 Å². The molecule has 128 valence electrons. The summed E-state index contributed by atoms with van der Waals surface area (Å²) in [5, 5.41) is 1.02. The molecule has 1 heterocycles. The molecule has 3 aromatic rings. The van der Waals surface area contributed by atoms with Crippen LogP contribution in [0.1, 0.15) is 25.5 Å². The number of rotatable bonds is 5. The molecule has 25 heavy (non-hydrogen) atoms. The van der Waals surface area contributed by atoms with Crippen molar-refractivity contribution in [3.05, 3.63) is 70.8 Å². The van der Waals surface area contributed by atoms with Gasteiger partial charge in [0.25, 0.3) is 0 Å². The van der Waals surface area contributed by atoms with Crippen molar-refractivity contribution in [1.29, 1.82) is 0 Å². The summed E-state index contributed by atoms with van der Waals surface area (Å²) in [6.07, 6.45) is 0.637. The van der Waals surface area contributed by atoms with Crippen LogP contribution in [0.15, 0.2) is 65.3 Å². The summed E-state index contributed by atoms with van der Waals surface area (Å²) in [4.78, 5) is 16.7. The number of hydrogen-bond donors (Lipinski definition) is 0. The molecule has 0 saturated carbocycles. The lowest BCUT2D eigenvalue weighted by Gasteiger charge is -2.18. The molecule has 0 aliphatic carbocycles. The molecule has 0 N–H and O–H groups in total. The first-order chi connectivity index (χ1) is 12.0. The first-order valence-electron chi connectivity index (χ1n) is 8.00. The predicted octanol–water partition coefficient (Wildman–Crippen LogP) is 5.07. The molecule has 0 spiro atoms. The van der Waals surface area contributed by atoms with Gasteiger partial charge in [-0.1, -0.05) is 34.1 Å². The first kappa shape index (κ1) is 17.4. The second-order valence-corrected chi connectivity index (χ2v) is 6.67. The lowest BCUT2D eigenvalue weighted by Crippen LogP contribution is -2.27. The third-order valence-corrected chi connectivity index (χ3v) is 4.36. The quantitative estimate of drug-likeness (QED) is 0.561. The smallest absolute Gasteiger partial charge is 0.347 e. The molecular formula is C20H18BrNO3. The molecule has 0 radical (unpaired) electrons. The Hall–Kier alpha value is -2.40. The number of fused-ring (bicyclic) bond motifs is 1. The van der Waals surface area contributed by atoms with Crippen molar-refractivity contribution in [3.63, 3.8) is 0 Å². The third kappa shape index (κ3) is 4.37. The van der Waals surface area contributed by atoms with Gasteiger partial charge in [-0.25, -0.2) is 4.79 Å². The number of carbonyl (C=O) groups excluding carboxylic acids is 1. The van der Waals surface area contributed by atoms with Gasteiger partial charge < -0.3 is 9.47 Å². The number of hydrogen-bond acceptors (Lipinski definition) is 4. The Bertz CT molecular complexity index is 880. The zero-order chi connectivity index (χ0) is 17.8. The number of nitrogens with zero attached hydrogens (tertiary/aromatic N) is 1. The molecule has 2 atom stereocenters. The van der Waals surface area contributed by atoms with Gasteiger partial charge in [-0.3, -0.25) is 4.98 Å². The van der Waals surface area contributed by atoms with Crippen LogP contribution in [0.5, 0.6) is 5.75 Å². The molecule has 1 aromatic heterocycles. The normalized spacial score (nSPS) is 13.2. The number of aromatic nitrogens is 1. The molecule has 2 unspecified atom stereocenters. The molecule has 0 saturated heterocycles. The number of carbonyl (C=O) groups is 1. The van der Waals surface area contributed by atoms with E-state index in [1.54, 1.807) is 25.3 Å².